The number of hydrogen-bond donors (Lipinski definition) is 0. The van der Waals surface area contributed by atoms with Crippen LogP contribution in [0.3, 0.4) is 0 Å². The Bertz CT molecular complexity index is 183. The van der Waals surface area contributed by atoms with Crippen LogP contribution in [-0.4, -0.2) is 32.1 Å². The summed E-state index contributed by atoms with van der Waals surface area (Å²) in [6, 6.07) is 0. The van der Waals surface area contributed by atoms with E-state index in [0.29, 0.717) is 26.2 Å². The first-order valence-corrected chi connectivity index (χ1v) is 5.31. The van der Waals surface area contributed by atoms with E-state index in [-0.39, 0.29) is 12.3 Å². The van der Waals surface area contributed by atoms with Crippen LogP contribution in [0.2, 0.25) is 0 Å². The first-order chi connectivity index (χ1) is 7.24. The number of carbonyl (C=O) groups is 1. The molecule has 0 radical (unpaired) electrons. The molecule has 0 N–H and O–H groups in total. The van der Waals surface area contributed by atoms with Gasteiger partial charge in [-0.25, -0.2) is 4.79 Å². The molecule has 0 spiro atoms. The van der Waals surface area contributed by atoms with Crippen molar-refractivity contribution in [1.82, 2.24) is 0 Å². The van der Waals surface area contributed by atoms with Crippen molar-refractivity contribution in [2.24, 2.45) is 0 Å². The second-order valence-electron chi connectivity index (χ2n) is 2.73. The quantitative estimate of drug-likeness (QED) is 0.353. The minimum Gasteiger partial charge on any atom is -0.463 e. The summed E-state index contributed by atoms with van der Waals surface area (Å²) in [5.41, 5.74) is 0. The maximum absolute atomic E-state index is 10.9. The molecule has 0 bridgehead atoms. The highest BCUT2D eigenvalue weighted by Gasteiger charge is 2.05. The first kappa shape index (κ1) is 14.1. The van der Waals surface area contributed by atoms with E-state index < -0.39 is 0 Å². The fourth-order valence-electron chi connectivity index (χ4n) is 1.02. The Hall–Kier alpha value is -0.870. The van der Waals surface area contributed by atoms with Crippen LogP contribution in [0.25, 0.3) is 0 Å². The van der Waals surface area contributed by atoms with E-state index in [1.165, 1.54) is 6.08 Å². The predicted octanol–water partition coefficient (Wildman–Crippen LogP) is 1.89. The first-order valence-electron chi connectivity index (χ1n) is 5.31. The molecule has 0 atom stereocenters. The Labute approximate surface area is 91.2 Å². The van der Waals surface area contributed by atoms with Crippen LogP contribution in [0, 0.1) is 0 Å². The SMILES string of the molecule is CCOC(=O)/C=C\CC(OCC)OCC. The molecule has 0 fully saturated rings. The van der Waals surface area contributed by atoms with E-state index in [0.717, 1.165) is 0 Å². The highest BCUT2D eigenvalue weighted by Crippen LogP contribution is 2.02. The highest BCUT2D eigenvalue weighted by atomic mass is 16.7. The van der Waals surface area contributed by atoms with Gasteiger partial charge in [0.05, 0.1) is 6.61 Å². The van der Waals surface area contributed by atoms with Gasteiger partial charge in [0.2, 0.25) is 0 Å². The predicted molar refractivity (Wildman–Crippen MR) is 57.4 cm³/mol. The normalized spacial score (nSPS) is 11.2. The molecule has 0 saturated heterocycles. The lowest BCUT2D eigenvalue weighted by molar-refractivity contribution is -0.137. The van der Waals surface area contributed by atoms with Crippen molar-refractivity contribution in [1.29, 1.82) is 0 Å². The number of carbonyl (C=O) groups excluding carboxylic acids is 1. The topological polar surface area (TPSA) is 44.8 Å². The maximum atomic E-state index is 10.9. The molecule has 0 aliphatic rings. The van der Waals surface area contributed by atoms with Crippen LogP contribution in [0.4, 0.5) is 0 Å². The molecule has 0 aromatic carbocycles. The molecule has 4 nitrogen and oxygen atoms in total. The van der Waals surface area contributed by atoms with Crippen molar-refractivity contribution in [3.63, 3.8) is 0 Å². The van der Waals surface area contributed by atoms with Gasteiger partial charge in [-0.2, -0.15) is 0 Å². The van der Waals surface area contributed by atoms with Crippen LogP contribution < -0.4 is 0 Å². The third kappa shape index (κ3) is 8.15. The Kier molecular flexibility index (Phi) is 9.11. The average molecular weight is 216 g/mol. The molecule has 4 heteroatoms. The Balaban J connectivity index is 3.81. The van der Waals surface area contributed by atoms with Crippen LogP contribution in [0.1, 0.15) is 27.2 Å². The molecular weight excluding hydrogens is 196 g/mol. The zero-order valence-corrected chi connectivity index (χ0v) is 9.69. The van der Waals surface area contributed by atoms with Gasteiger partial charge in [-0.15, -0.1) is 0 Å². The summed E-state index contributed by atoms with van der Waals surface area (Å²) in [6.45, 7) is 7.16. The number of rotatable bonds is 8. The molecule has 0 aliphatic heterocycles. The van der Waals surface area contributed by atoms with E-state index in [1.54, 1.807) is 13.0 Å². The summed E-state index contributed by atoms with van der Waals surface area (Å²) in [5.74, 6) is -0.329. The highest BCUT2D eigenvalue weighted by molar-refractivity contribution is 5.81. The smallest absolute Gasteiger partial charge is 0.330 e. The zero-order chi connectivity index (χ0) is 11.5. The van der Waals surface area contributed by atoms with E-state index in [4.69, 9.17) is 14.2 Å². The summed E-state index contributed by atoms with van der Waals surface area (Å²) in [4.78, 5) is 10.9. The molecule has 88 valence electrons. The third-order valence-corrected chi connectivity index (χ3v) is 1.57. The third-order valence-electron chi connectivity index (χ3n) is 1.57. The largest absolute Gasteiger partial charge is 0.463 e. The molecule has 0 unspecified atom stereocenters. The van der Waals surface area contributed by atoms with Gasteiger partial charge < -0.3 is 14.2 Å². The molecular formula is C11H20O4. The second kappa shape index (κ2) is 9.68. The van der Waals surface area contributed by atoms with Gasteiger partial charge in [-0.05, 0) is 20.8 Å². The molecule has 15 heavy (non-hydrogen) atoms. The number of ether oxygens (including phenoxy) is 3. The molecule has 0 heterocycles. The van der Waals surface area contributed by atoms with E-state index in [9.17, 15) is 4.79 Å². The minimum atomic E-state index is -0.329. The Morgan fingerprint density at radius 2 is 1.73 bits per heavy atom. The van der Waals surface area contributed by atoms with Crippen molar-refractivity contribution in [3.8, 4) is 0 Å². The molecule has 0 aliphatic carbocycles. The number of esters is 1. The van der Waals surface area contributed by atoms with Crippen molar-refractivity contribution in [2.45, 2.75) is 33.5 Å². The summed E-state index contributed by atoms with van der Waals surface area (Å²) < 4.78 is 15.3. The molecule has 0 aromatic rings. The van der Waals surface area contributed by atoms with Crippen LogP contribution in [-0.2, 0) is 19.0 Å². The summed E-state index contributed by atoms with van der Waals surface area (Å²) in [5, 5.41) is 0. The fraction of sp³-hybridized carbons (Fsp3) is 0.727. The van der Waals surface area contributed by atoms with Crippen molar-refractivity contribution in [2.75, 3.05) is 19.8 Å². The van der Waals surface area contributed by atoms with Gasteiger partial charge >= 0.3 is 5.97 Å². The second-order valence-corrected chi connectivity index (χ2v) is 2.73. The fourth-order valence-corrected chi connectivity index (χ4v) is 1.02. The van der Waals surface area contributed by atoms with Crippen LogP contribution in [0.5, 0.6) is 0 Å². The van der Waals surface area contributed by atoms with Gasteiger partial charge in [0, 0.05) is 25.7 Å². The standard InChI is InChI=1S/C11H20O4/c1-4-13-10(12)8-7-9-11(14-5-2)15-6-3/h7-8,11H,4-6,9H2,1-3H3/b8-7-. The van der Waals surface area contributed by atoms with E-state index in [2.05, 4.69) is 0 Å². The zero-order valence-electron chi connectivity index (χ0n) is 9.69. The number of hydrogen-bond acceptors (Lipinski definition) is 4. The molecule has 0 amide bonds. The Morgan fingerprint density at radius 1 is 1.13 bits per heavy atom. The monoisotopic (exact) mass is 216 g/mol. The summed E-state index contributed by atoms with van der Waals surface area (Å²) in [6.07, 6.45) is 3.38. The summed E-state index contributed by atoms with van der Waals surface area (Å²) in [7, 11) is 0. The minimum absolute atomic E-state index is 0.273. The maximum Gasteiger partial charge on any atom is 0.330 e. The molecule has 0 aromatic heterocycles. The lowest BCUT2D eigenvalue weighted by Crippen LogP contribution is -2.16. The van der Waals surface area contributed by atoms with Gasteiger partial charge in [0.1, 0.15) is 0 Å². The van der Waals surface area contributed by atoms with Crippen molar-refractivity contribution >= 4 is 5.97 Å². The lowest BCUT2D eigenvalue weighted by Gasteiger charge is -2.14. The Morgan fingerprint density at radius 3 is 2.20 bits per heavy atom. The van der Waals surface area contributed by atoms with Gasteiger partial charge in [0.15, 0.2) is 6.29 Å². The summed E-state index contributed by atoms with van der Waals surface area (Å²) >= 11 is 0. The van der Waals surface area contributed by atoms with Gasteiger partial charge in [-0.3, -0.25) is 0 Å². The average Bonchev–Trinajstić information content (AvgIpc) is 2.19. The molecule has 0 rings (SSSR count). The van der Waals surface area contributed by atoms with Crippen molar-refractivity contribution < 1.29 is 19.0 Å². The van der Waals surface area contributed by atoms with Crippen LogP contribution >= 0.6 is 0 Å². The molecule has 0 saturated carbocycles. The van der Waals surface area contributed by atoms with Gasteiger partial charge in [-0.1, -0.05) is 6.08 Å². The van der Waals surface area contributed by atoms with E-state index in [1.807, 2.05) is 13.8 Å². The lowest BCUT2D eigenvalue weighted by atomic mass is 10.3. The van der Waals surface area contributed by atoms with Gasteiger partial charge in [0.25, 0.3) is 0 Å². The van der Waals surface area contributed by atoms with Crippen LogP contribution in [0.15, 0.2) is 12.2 Å². The van der Waals surface area contributed by atoms with E-state index >= 15 is 0 Å². The van der Waals surface area contributed by atoms with Crippen molar-refractivity contribution in [3.05, 3.63) is 12.2 Å².